The number of fused-ring (bicyclic) bond motifs is 2. The Morgan fingerprint density at radius 3 is 2.58 bits per heavy atom. The van der Waals surface area contributed by atoms with Gasteiger partial charge in [0.25, 0.3) is 0 Å². The summed E-state index contributed by atoms with van der Waals surface area (Å²) in [6.45, 7) is 7.83. The fourth-order valence-corrected chi connectivity index (χ4v) is 6.25. The van der Waals surface area contributed by atoms with Gasteiger partial charge in [-0.15, -0.1) is 13.1 Å². The first-order valence-corrected chi connectivity index (χ1v) is 14.3. The van der Waals surface area contributed by atoms with Gasteiger partial charge in [-0.1, -0.05) is 25.3 Å². The van der Waals surface area contributed by atoms with Crippen LogP contribution in [0.3, 0.4) is 0 Å². The third-order valence-electron chi connectivity index (χ3n) is 8.21. The Hall–Kier alpha value is -2.23. The molecule has 9 heteroatoms. The van der Waals surface area contributed by atoms with Gasteiger partial charge in [-0.25, -0.2) is 5.26 Å². The number of piperidine rings is 2. The number of rotatable bonds is 4. The van der Waals surface area contributed by atoms with E-state index in [1.54, 1.807) is 6.07 Å². The van der Waals surface area contributed by atoms with Gasteiger partial charge in [-0.2, -0.15) is 5.10 Å². The van der Waals surface area contributed by atoms with E-state index in [0.29, 0.717) is 5.75 Å². The van der Waals surface area contributed by atoms with Crippen LogP contribution in [0.5, 0.6) is 5.75 Å². The second kappa shape index (κ2) is 13.6. The first-order chi connectivity index (χ1) is 19.2. The van der Waals surface area contributed by atoms with Gasteiger partial charge in [0.15, 0.2) is 5.75 Å². The molecule has 7 rings (SSSR count). The van der Waals surface area contributed by atoms with Crippen LogP contribution >= 0.6 is 0 Å². The normalized spacial score (nSPS) is 17.6. The van der Waals surface area contributed by atoms with Gasteiger partial charge in [0.1, 0.15) is 5.69 Å². The molecule has 3 aliphatic heterocycles. The van der Waals surface area contributed by atoms with Crippen LogP contribution in [0.2, 0.25) is 0 Å². The predicted molar refractivity (Wildman–Crippen MR) is 154 cm³/mol. The van der Waals surface area contributed by atoms with Crippen LogP contribution in [0.4, 0.5) is 0 Å². The summed E-state index contributed by atoms with van der Waals surface area (Å²) in [6.07, 6.45) is 10.8. The zero-order valence-corrected chi connectivity index (χ0v) is 26.1. The summed E-state index contributed by atoms with van der Waals surface area (Å²) in [5.41, 5.74) is 6.89. The zero-order chi connectivity index (χ0) is 26.6. The summed E-state index contributed by atoms with van der Waals surface area (Å²) in [7, 11) is 0. The smallest absolute Gasteiger partial charge is 0.165 e. The molecule has 6 heterocycles. The Morgan fingerprint density at radius 1 is 0.975 bits per heavy atom. The molecule has 0 spiro atoms. The standard InChI is InChI=1S/C21H18N4O2.C10H19N2.Y/c1-13-4-2-5-18(23-13)21-20(19-6-3-11-25(19)24-21)15-9-10-22-17-8-7-14(27-26)12-16(15)17;1-2-8-12(9-3-1)10-4-6-11-7-5-10;/h2,4-5,7-10,12,26H,3,6,11H2,1H3;10H,1-9H2;/q;-1;. The second-order valence-electron chi connectivity index (χ2n) is 10.8. The van der Waals surface area contributed by atoms with Crippen molar-refractivity contribution < 1.29 is 42.9 Å². The largest absolute Gasteiger partial charge is 0.662 e. The Kier molecular flexibility index (Phi) is 9.97. The summed E-state index contributed by atoms with van der Waals surface area (Å²) in [4.78, 5) is 16.3. The van der Waals surface area contributed by atoms with Crippen LogP contribution < -0.4 is 4.89 Å². The third-order valence-corrected chi connectivity index (χ3v) is 8.21. The topological polar surface area (TPSA) is 90.4 Å². The van der Waals surface area contributed by atoms with Crippen molar-refractivity contribution in [1.82, 2.24) is 24.6 Å². The average Bonchev–Trinajstić information content (AvgIpc) is 3.60. The first-order valence-electron chi connectivity index (χ1n) is 14.3. The second-order valence-corrected chi connectivity index (χ2v) is 10.8. The maximum absolute atomic E-state index is 9.09. The van der Waals surface area contributed by atoms with E-state index in [1.165, 1.54) is 50.9 Å². The van der Waals surface area contributed by atoms with Crippen molar-refractivity contribution in [3.05, 3.63) is 65.4 Å². The maximum atomic E-state index is 9.09. The number of hydrogen-bond acceptors (Lipinski definition) is 6. The van der Waals surface area contributed by atoms with Crippen LogP contribution in [0.1, 0.15) is 49.9 Å². The van der Waals surface area contributed by atoms with E-state index in [0.717, 1.165) is 77.6 Å². The van der Waals surface area contributed by atoms with Gasteiger partial charge >= 0.3 is 0 Å². The quantitative estimate of drug-likeness (QED) is 0.215. The summed E-state index contributed by atoms with van der Waals surface area (Å²) in [5.74, 6) is 0.385. The molecule has 2 fully saturated rings. The van der Waals surface area contributed by atoms with Crippen molar-refractivity contribution >= 4 is 10.9 Å². The Labute approximate surface area is 261 Å². The number of hydrogen-bond donors (Lipinski definition) is 1. The van der Waals surface area contributed by atoms with Crippen molar-refractivity contribution in [1.29, 1.82) is 0 Å². The number of nitrogens with zero attached hydrogens (tertiary/aromatic N) is 6. The number of benzene rings is 1. The molecule has 0 amide bonds. The fraction of sp³-hybridized carbons (Fsp3) is 0.452. The molecule has 3 aromatic heterocycles. The minimum absolute atomic E-state index is 0. The summed E-state index contributed by atoms with van der Waals surface area (Å²) < 4.78 is 2.09. The monoisotopic (exact) mass is 614 g/mol. The Bertz CT molecular complexity index is 1410. The maximum Gasteiger partial charge on any atom is 0.165 e. The fourth-order valence-electron chi connectivity index (χ4n) is 6.25. The molecule has 3 aliphatic rings. The first kappa shape index (κ1) is 29.3. The van der Waals surface area contributed by atoms with Crippen molar-refractivity contribution in [3.63, 3.8) is 0 Å². The van der Waals surface area contributed by atoms with Crippen molar-refractivity contribution in [2.45, 2.75) is 64.5 Å². The molecule has 0 unspecified atom stereocenters. The molecule has 8 nitrogen and oxygen atoms in total. The summed E-state index contributed by atoms with van der Waals surface area (Å²) >= 11 is 0. The van der Waals surface area contributed by atoms with Gasteiger partial charge in [0.05, 0.1) is 11.2 Å². The molecule has 0 saturated carbocycles. The molecule has 1 N–H and O–H groups in total. The van der Waals surface area contributed by atoms with Gasteiger partial charge in [0, 0.05) is 73.8 Å². The summed E-state index contributed by atoms with van der Waals surface area (Å²) in [6, 6.07) is 14.2. The van der Waals surface area contributed by atoms with Crippen LogP contribution in [0.25, 0.3) is 38.7 Å². The van der Waals surface area contributed by atoms with E-state index in [4.69, 9.17) is 15.3 Å². The number of likely N-dealkylation sites (tertiary alicyclic amines) is 1. The number of aromatic nitrogens is 4. The van der Waals surface area contributed by atoms with Crippen molar-refractivity contribution in [2.75, 3.05) is 26.2 Å². The van der Waals surface area contributed by atoms with Gasteiger partial charge in [-0.3, -0.25) is 14.6 Å². The number of aryl methyl sites for hydroxylation is 2. The predicted octanol–water partition coefficient (Wildman–Crippen LogP) is 6.27. The molecule has 4 aromatic rings. The van der Waals surface area contributed by atoms with E-state index in [2.05, 4.69) is 24.8 Å². The molecule has 0 atom stereocenters. The van der Waals surface area contributed by atoms with Crippen LogP contribution in [-0.4, -0.2) is 62.1 Å². The van der Waals surface area contributed by atoms with E-state index < -0.39 is 0 Å². The molecule has 1 aromatic carbocycles. The summed E-state index contributed by atoms with van der Waals surface area (Å²) in [5, 5.41) is 19.3. The van der Waals surface area contributed by atoms with Crippen LogP contribution in [0.15, 0.2) is 48.7 Å². The van der Waals surface area contributed by atoms with E-state index in [9.17, 15) is 0 Å². The molecule has 2 saturated heterocycles. The molecular weight excluding hydrogens is 577 g/mol. The molecule has 0 bridgehead atoms. The number of pyridine rings is 2. The van der Waals surface area contributed by atoms with Crippen LogP contribution in [0, 0.1) is 6.92 Å². The Morgan fingerprint density at radius 2 is 1.80 bits per heavy atom. The molecular formula is C31H37N6O2Y-. The molecule has 1 radical (unpaired) electrons. The molecule has 207 valence electrons. The average molecular weight is 615 g/mol. The van der Waals surface area contributed by atoms with Gasteiger partial charge in [-0.05, 0) is 87.7 Å². The Balaban J connectivity index is 0.000000209. The van der Waals surface area contributed by atoms with E-state index >= 15 is 0 Å². The minimum atomic E-state index is 0. The molecule has 40 heavy (non-hydrogen) atoms. The van der Waals surface area contributed by atoms with Crippen molar-refractivity contribution in [3.8, 4) is 28.3 Å². The van der Waals surface area contributed by atoms with Crippen LogP contribution in [-0.2, 0) is 45.7 Å². The van der Waals surface area contributed by atoms with Gasteiger partial charge in [0.2, 0.25) is 0 Å². The van der Waals surface area contributed by atoms with E-state index in [1.807, 2.05) is 49.5 Å². The molecule has 0 aliphatic carbocycles. The minimum Gasteiger partial charge on any atom is -0.662 e. The van der Waals surface area contributed by atoms with Crippen molar-refractivity contribution in [2.24, 2.45) is 0 Å². The zero-order valence-electron chi connectivity index (χ0n) is 23.3. The van der Waals surface area contributed by atoms with Gasteiger partial charge < -0.3 is 15.1 Å². The SMILES string of the molecule is C1CCN(C2CC[N-]CC2)CC1.Cc1cccc(-c2nn3c(c2-c2ccnc4ccc(OO)cc24)CCC3)n1.[Y]. The third kappa shape index (κ3) is 6.31. The van der Waals surface area contributed by atoms with E-state index in [-0.39, 0.29) is 32.7 Å².